The Bertz CT molecular complexity index is 1160. The van der Waals surface area contributed by atoms with E-state index in [0.29, 0.717) is 50.9 Å². The lowest BCUT2D eigenvalue weighted by atomic mass is 9.95. The molecule has 0 aromatic heterocycles. The molecule has 2 unspecified atom stereocenters. The quantitative estimate of drug-likeness (QED) is 0.0366. The molecule has 0 fully saturated rings. The first-order valence-corrected chi connectivity index (χ1v) is 29.1. The SMILES string of the molecule is CCCCCCCCC(CCCCCC)COC(=O)CCCCCCCN(CCCCCCCC(=O)OCC(CCCCCC)CCCCCCCC)CCCCC(=O)OCc1ccccc1. The van der Waals surface area contributed by atoms with Gasteiger partial charge in [0.15, 0.2) is 0 Å². The third kappa shape index (κ3) is 42.2. The predicted octanol–water partition coefficient (Wildman–Crippen LogP) is 17.6. The van der Waals surface area contributed by atoms with E-state index in [0.717, 1.165) is 89.4 Å². The Morgan fingerprint density at radius 3 is 1.07 bits per heavy atom. The highest BCUT2D eigenvalue weighted by Gasteiger charge is 2.15. The maximum Gasteiger partial charge on any atom is 0.306 e. The first-order chi connectivity index (χ1) is 32.9. The minimum absolute atomic E-state index is 0.00715. The molecule has 390 valence electrons. The Morgan fingerprint density at radius 2 is 0.672 bits per heavy atom. The second-order valence-corrected chi connectivity index (χ2v) is 20.4. The number of rotatable bonds is 51. The highest BCUT2D eigenvalue weighted by Crippen LogP contribution is 2.22. The Balaban J connectivity index is 2.42. The number of carbonyl (C=O) groups is 3. The highest BCUT2D eigenvalue weighted by atomic mass is 16.5. The zero-order valence-corrected chi connectivity index (χ0v) is 44.8. The van der Waals surface area contributed by atoms with Crippen molar-refractivity contribution in [2.75, 3.05) is 32.8 Å². The van der Waals surface area contributed by atoms with Gasteiger partial charge in [-0.2, -0.15) is 0 Å². The van der Waals surface area contributed by atoms with Crippen molar-refractivity contribution in [2.24, 2.45) is 11.8 Å². The zero-order valence-electron chi connectivity index (χ0n) is 44.8. The molecular formula is C60H109NO6. The first kappa shape index (κ1) is 62.6. The molecule has 0 saturated heterocycles. The molecular weight excluding hydrogens is 831 g/mol. The van der Waals surface area contributed by atoms with Gasteiger partial charge in [-0.25, -0.2) is 0 Å². The molecule has 0 N–H and O–H groups in total. The number of carbonyl (C=O) groups excluding carboxylic acids is 3. The molecule has 0 bridgehead atoms. The summed E-state index contributed by atoms with van der Waals surface area (Å²) in [5.41, 5.74) is 1.02. The van der Waals surface area contributed by atoms with Gasteiger partial charge in [0, 0.05) is 19.3 Å². The third-order valence-corrected chi connectivity index (χ3v) is 13.9. The van der Waals surface area contributed by atoms with Crippen LogP contribution in [-0.2, 0) is 35.2 Å². The van der Waals surface area contributed by atoms with E-state index in [-0.39, 0.29) is 17.9 Å². The standard InChI is InChI=1S/C60H109NO6/c1-5-9-13-17-21-30-42-55(40-28-15-11-7-3)52-65-58(62)46-34-23-19-25-37-49-61(51-39-36-48-60(64)67-54-57-44-32-27-33-45-57)50-38-26-20-24-35-47-59(63)66-53-56(41-29-16-12-8-4)43-31-22-18-14-10-6-2/h27,32-33,44-45,55-56H,5-26,28-31,34-43,46-54H2,1-4H3. The van der Waals surface area contributed by atoms with Crippen LogP contribution in [-0.4, -0.2) is 55.7 Å². The lowest BCUT2D eigenvalue weighted by Gasteiger charge is -2.22. The number of ether oxygens (including phenoxy) is 3. The average molecular weight is 941 g/mol. The maximum atomic E-state index is 12.7. The van der Waals surface area contributed by atoms with Crippen molar-refractivity contribution in [1.29, 1.82) is 0 Å². The number of esters is 3. The van der Waals surface area contributed by atoms with Crippen LogP contribution in [0.4, 0.5) is 0 Å². The molecule has 67 heavy (non-hydrogen) atoms. The normalized spacial score (nSPS) is 12.4. The van der Waals surface area contributed by atoms with Crippen LogP contribution >= 0.6 is 0 Å². The van der Waals surface area contributed by atoms with Gasteiger partial charge in [0.2, 0.25) is 0 Å². The molecule has 0 spiro atoms. The number of nitrogens with zero attached hydrogens (tertiary/aromatic N) is 1. The van der Waals surface area contributed by atoms with Crippen LogP contribution in [0.3, 0.4) is 0 Å². The lowest BCUT2D eigenvalue weighted by Crippen LogP contribution is -2.27. The summed E-state index contributed by atoms with van der Waals surface area (Å²) >= 11 is 0. The Labute approximate surface area is 415 Å². The van der Waals surface area contributed by atoms with Gasteiger partial charge >= 0.3 is 17.9 Å². The van der Waals surface area contributed by atoms with Crippen LogP contribution in [0, 0.1) is 11.8 Å². The summed E-state index contributed by atoms with van der Waals surface area (Å²) in [6.07, 6.45) is 45.1. The van der Waals surface area contributed by atoms with Crippen LogP contribution in [0.1, 0.15) is 284 Å². The van der Waals surface area contributed by atoms with Gasteiger partial charge in [-0.1, -0.05) is 225 Å². The number of benzene rings is 1. The van der Waals surface area contributed by atoms with E-state index in [9.17, 15) is 14.4 Å². The zero-order chi connectivity index (χ0) is 48.5. The fraction of sp³-hybridized carbons (Fsp3) is 0.850. The summed E-state index contributed by atoms with van der Waals surface area (Å²) in [7, 11) is 0. The van der Waals surface area contributed by atoms with Crippen LogP contribution in [0.25, 0.3) is 0 Å². The third-order valence-electron chi connectivity index (χ3n) is 13.9. The summed E-state index contributed by atoms with van der Waals surface area (Å²) in [5.74, 6) is 0.909. The molecule has 0 aliphatic carbocycles. The summed E-state index contributed by atoms with van der Waals surface area (Å²) in [5, 5.41) is 0. The Kier molecular flexibility index (Phi) is 45.4. The summed E-state index contributed by atoms with van der Waals surface area (Å²) < 4.78 is 17.2. The number of hydrogen-bond acceptors (Lipinski definition) is 7. The van der Waals surface area contributed by atoms with Crippen molar-refractivity contribution >= 4 is 17.9 Å². The molecule has 0 aliphatic heterocycles. The van der Waals surface area contributed by atoms with Crippen LogP contribution in [0.2, 0.25) is 0 Å². The van der Waals surface area contributed by atoms with Crippen LogP contribution in [0.5, 0.6) is 0 Å². The van der Waals surface area contributed by atoms with Gasteiger partial charge in [0.25, 0.3) is 0 Å². The largest absolute Gasteiger partial charge is 0.465 e. The second kappa shape index (κ2) is 48.6. The van der Waals surface area contributed by atoms with Crippen molar-refractivity contribution in [2.45, 2.75) is 285 Å². The monoisotopic (exact) mass is 940 g/mol. The molecule has 1 aromatic rings. The summed E-state index contributed by atoms with van der Waals surface area (Å²) in [6, 6.07) is 9.89. The maximum absolute atomic E-state index is 12.7. The Morgan fingerprint density at radius 1 is 0.373 bits per heavy atom. The first-order valence-electron chi connectivity index (χ1n) is 29.1. The Hall–Kier alpha value is -2.41. The molecule has 7 nitrogen and oxygen atoms in total. The van der Waals surface area contributed by atoms with E-state index in [1.54, 1.807) is 0 Å². The van der Waals surface area contributed by atoms with Crippen LogP contribution < -0.4 is 0 Å². The fourth-order valence-electron chi connectivity index (χ4n) is 9.35. The van der Waals surface area contributed by atoms with E-state index in [2.05, 4.69) is 32.6 Å². The van der Waals surface area contributed by atoms with Crippen molar-refractivity contribution in [3.8, 4) is 0 Å². The molecule has 0 radical (unpaired) electrons. The molecule has 0 heterocycles. The lowest BCUT2D eigenvalue weighted by molar-refractivity contribution is -0.146. The average Bonchev–Trinajstić information content (AvgIpc) is 3.34. The summed E-state index contributed by atoms with van der Waals surface area (Å²) in [6.45, 7) is 13.8. The minimum Gasteiger partial charge on any atom is -0.465 e. The van der Waals surface area contributed by atoms with Crippen molar-refractivity contribution < 1.29 is 28.6 Å². The van der Waals surface area contributed by atoms with Gasteiger partial charge < -0.3 is 19.1 Å². The van der Waals surface area contributed by atoms with Gasteiger partial charge in [-0.05, 0) is 101 Å². The smallest absolute Gasteiger partial charge is 0.306 e. The number of hydrogen-bond donors (Lipinski definition) is 0. The van der Waals surface area contributed by atoms with Gasteiger partial charge in [-0.3, -0.25) is 14.4 Å². The minimum atomic E-state index is -0.117. The van der Waals surface area contributed by atoms with Crippen molar-refractivity contribution in [1.82, 2.24) is 4.90 Å². The molecule has 0 saturated carbocycles. The second-order valence-electron chi connectivity index (χ2n) is 20.4. The topological polar surface area (TPSA) is 82.1 Å². The van der Waals surface area contributed by atoms with Gasteiger partial charge in [-0.15, -0.1) is 0 Å². The van der Waals surface area contributed by atoms with Crippen molar-refractivity contribution in [3.63, 3.8) is 0 Å². The molecule has 7 heteroatoms. The van der Waals surface area contributed by atoms with Gasteiger partial charge in [0.05, 0.1) is 13.2 Å². The molecule has 1 aromatic carbocycles. The van der Waals surface area contributed by atoms with E-state index in [1.165, 1.54) is 167 Å². The fourth-order valence-corrected chi connectivity index (χ4v) is 9.35. The molecule has 1 rings (SSSR count). The summed E-state index contributed by atoms with van der Waals surface area (Å²) in [4.78, 5) is 40.5. The van der Waals surface area contributed by atoms with E-state index in [4.69, 9.17) is 14.2 Å². The van der Waals surface area contributed by atoms with E-state index < -0.39 is 0 Å². The molecule has 0 aliphatic rings. The van der Waals surface area contributed by atoms with E-state index in [1.807, 2.05) is 30.3 Å². The highest BCUT2D eigenvalue weighted by molar-refractivity contribution is 5.70. The van der Waals surface area contributed by atoms with Crippen LogP contribution in [0.15, 0.2) is 30.3 Å². The van der Waals surface area contributed by atoms with Gasteiger partial charge in [0.1, 0.15) is 6.61 Å². The van der Waals surface area contributed by atoms with Crippen molar-refractivity contribution in [3.05, 3.63) is 35.9 Å². The number of unbranched alkanes of at least 4 members (excludes halogenated alkanes) is 25. The predicted molar refractivity (Wildman–Crippen MR) is 284 cm³/mol. The molecule has 2 atom stereocenters. The molecule has 0 amide bonds. The van der Waals surface area contributed by atoms with E-state index >= 15 is 0 Å².